The Morgan fingerprint density at radius 1 is 1.29 bits per heavy atom. The van der Waals surface area contributed by atoms with Crippen LogP contribution in [0.4, 0.5) is 5.69 Å². The number of carbonyl (C=O) groups excluding carboxylic acids is 1. The lowest BCUT2D eigenvalue weighted by atomic mass is 9.90. The fourth-order valence-electron chi connectivity index (χ4n) is 4.20. The van der Waals surface area contributed by atoms with Crippen LogP contribution < -0.4 is 5.32 Å². The SMILES string of the molecule is O=C(CC1(N2CCOCC2)CCCC1)Nc1ccc2[nH]ncc2c1. The molecule has 6 nitrogen and oxygen atoms in total. The number of ether oxygens (including phenoxy) is 1. The Morgan fingerprint density at radius 2 is 2.08 bits per heavy atom. The number of rotatable bonds is 4. The van der Waals surface area contributed by atoms with Gasteiger partial charge in [-0.05, 0) is 31.0 Å². The van der Waals surface area contributed by atoms with Crippen molar-refractivity contribution in [3.8, 4) is 0 Å². The minimum absolute atomic E-state index is 0.0214. The fraction of sp³-hybridized carbons (Fsp3) is 0.556. The molecule has 6 heteroatoms. The van der Waals surface area contributed by atoms with Gasteiger partial charge in [0.05, 0.1) is 24.9 Å². The highest BCUT2D eigenvalue weighted by molar-refractivity contribution is 5.94. The smallest absolute Gasteiger partial charge is 0.226 e. The second kappa shape index (κ2) is 6.53. The first kappa shape index (κ1) is 15.6. The van der Waals surface area contributed by atoms with Crippen LogP contribution in [0.2, 0.25) is 0 Å². The number of nitrogens with zero attached hydrogens (tertiary/aromatic N) is 2. The zero-order valence-corrected chi connectivity index (χ0v) is 13.9. The molecule has 0 atom stereocenters. The summed E-state index contributed by atoms with van der Waals surface area (Å²) in [6.07, 6.45) is 6.99. The number of morpholine rings is 1. The lowest BCUT2D eigenvalue weighted by Gasteiger charge is -2.43. The molecule has 1 aromatic heterocycles. The summed E-state index contributed by atoms with van der Waals surface area (Å²) in [4.78, 5) is 15.2. The summed E-state index contributed by atoms with van der Waals surface area (Å²) in [5.41, 5.74) is 1.84. The molecule has 0 unspecified atom stereocenters. The van der Waals surface area contributed by atoms with E-state index in [-0.39, 0.29) is 11.4 Å². The largest absolute Gasteiger partial charge is 0.379 e. The van der Waals surface area contributed by atoms with Crippen LogP contribution >= 0.6 is 0 Å². The first-order chi connectivity index (χ1) is 11.8. The van der Waals surface area contributed by atoms with Gasteiger partial charge in [-0.1, -0.05) is 12.8 Å². The second-order valence-electron chi connectivity index (χ2n) is 6.93. The number of anilines is 1. The van der Waals surface area contributed by atoms with E-state index in [1.54, 1.807) is 6.20 Å². The van der Waals surface area contributed by atoms with Crippen molar-refractivity contribution in [1.82, 2.24) is 15.1 Å². The number of aromatic amines is 1. The number of fused-ring (bicyclic) bond motifs is 1. The van der Waals surface area contributed by atoms with Crippen molar-refractivity contribution >= 4 is 22.5 Å². The molecule has 2 N–H and O–H groups in total. The van der Waals surface area contributed by atoms with Crippen molar-refractivity contribution in [2.45, 2.75) is 37.6 Å². The normalized spacial score (nSPS) is 21.2. The van der Waals surface area contributed by atoms with Crippen molar-refractivity contribution < 1.29 is 9.53 Å². The van der Waals surface area contributed by atoms with E-state index in [0.29, 0.717) is 6.42 Å². The van der Waals surface area contributed by atoms with E-state index in [9.17, 15) is 4.79 Å². The predicted molar refractivity (Wildman–Crippen MR) is 92.9 cm³/mol. The summed E-state index contributed by atoms with van der Waals surface area (Å²) < 4.78 is 5.49. The molecule has 2 aliphatic rings. The molecule has 2 aromatic rings. The van der Waals surface area contributed by atoms with Crippen LogP contribution in [0.3, 0.4) is 0 Å². The highest BCUT2D eigenvalue weighted by Crippen LogP contribution is 2.38. The summed E-state index contributed by atoms with van der Waals surface area (Å²) in [7, 11) is 0. The standard InChI is InChI=1S/C18H24N4O2/c23-17(20-15-3-4-16-14(11-15)13-19-21-16)12-18(5-1-2-6-18)22-7-9-24-10-8-22/h3-4,11,13H,1-2,5-10,12H2,(H,19,21)(H,20,23). The van der Waals surface area contributed by atoms with Gasteiger partial charge in [-0.15, -0.1) is 0 Å². The highest BCUT2D eigenvalue weighted by atomic mass is 16.5. The van der Waals surface area contributed by atoms with Crippen LogP contribution in [0.25, 0.3) is 10.9 Å². The van der Waals surface area contributed by atoms with Gasteiger partial charge in [0, 0.05) is 36.1 Å². The van der Waals surface area contributed by atoms with Crippen LogP contribution in [0.1, 0.15) is 32.1 Å². The molecule has 1 saturated heterocycles. The Bertz CT molecular complexity index is 715. The highest BCUT2D eigenvalue weighted by Gasteiger charge is 2.41. The summed E-state index contributed by atoms with van der Waals surface area (Å²) in [5, 5.41) is 11.0. The van der Waals surface area contributed by atoms with Crippen molar-refractivity contribution in [1.29, 1.82) is 0 Å². The third-order valence-electron chi connectivity index (χ3n) is 5.43. The molecule has 1 aromatic carbocycles. The van der Waals surface area contributed by atoms with Gasteiger partial charge in [0.15, 0.2) is 0 Å². The van der Waals surface area contributed by atoms with Gasteiger partial charge >= 0.3 is 0 Å². The molecule has 0 spiro atoms. The van der Waals surface area contributed by atoms with Gasteiger partial charge in [0.25, 0.3) is 0 Å². The van der Waals surface area contributed by atoms with Gasteiger partial charge in [-0.25, -0.2) is 0 Å². The molecule has 1 amide bonds. The Kier molecular flexibility index (Phi) is 4.24. The summed E-state index contributed by atoms with van der Waals surface area (Å²) in [6.45, 7) is 3.43. The second-order valence-corrected chi connectivity index (χ2v) is 6.93. The number of nitrogens with one attached hydrogen (secondary N) is 2. The van der Waals surface area contributed by atoms with E-state index in [1.807, 2.05) is 18.2 Å². The first-order valence-corrected chi connectivity index (χ1v) is 8.81. The number of hydrogen-bond acceptors (Lipinski definition) is 4. The van der Waals surface area contributed by atoms with Gasteiger partial charge < -0.3 is 10.1 Å². The average molecular weight is 328 g/mol. The van der Waals surface area contributed by atoms with E-state index in [4.69, 9.17) is 4.74 Å². The zero-order chi connectivity index (χ0) is 16.4. The predicted octanol–water partition coefficient (Wildman–Crippen LogP) is 2.54. The van der Waals surface area contributed by atoms with Crippen molar-refractivity contribution in [3.05, 3.63) is 24.4 Å². The van der Waals surface area contributed by atoms with Crippen molar-refractivity contribution in [2.75, 3.05) is 31.6 Å². The van der Waals surface area contributed by atoms with Gasteiger partial charge in [-0.3, -0.25) is 14.8 Å². The minimum atomic E-state index is 0.0214. The van der Waals surface area contributed by atoms with Gasteiger partial charge in [0.1, 0.15) is 0 Å². The summed E-state index contributed by atoms with van der Waals surface area (Å²) >= 11 is 0. The zero-order valence-electron chi connectivity index (χ0n) is 13.9. The number of aromatic nitrogens is 2. The Hall–Kier alpha value is -1.92. The van der Waals surface area contributed by atoms with Crippen LogP contribution in [-0.2, 0) is 9.53 Å². The number of benzene rings is 1. The van der Waals surface area contributed by atoms with E-state index >= 15 is 0 Å². The maximum atomic E-state index is 12.7. The minimum Gasteiger partial charge on any atom is -0.379 e. The molecule has 2 fully saturated rings. The monoisotopic (exact) mass is 328 g/mol. The number of hydrogen-bond donors (Lipinski definition) is 2. The molecule has 0 bridgehead atoms. The van der Waals surface area contributed by atoms with Crippen molar-refractivity contribution in [2.24, 2.45) is 0 Å². The molecule has 4 rings (SSSR count). The topological polar surface area (TPSA) is 70.2 Å². The summed E-state index contributed by atoms with van der Waals surface area (Å²) in [6, 6.07) is 5.84. The Balaban J connectivity index is 1.46. The Labute approximate surface area is 141 Å². The molecule has 1 saturated carbocycles. The molecule has 2 heterocycles. The first-order valence-electron chi connectivity index (χ1n) is 8.81. The number of H-pyrrole nitrogens is 1. The van der Waals surface area contributed by atoms with E-state index < -0.39 is 0 Å². The van der Waals surface area contributed by atoms with Gasteiger partial charge in [0.2, 0.25) is 5.91 Å². The van der Waals surface area contributed by atoms with Crippen LogP contribution in [-0.4, -0.2) is 52.8 Å². The fourth-order valence-corrected chi connectivity index (χ4v) is 4.20. The number of amides is 1. The lowest BCUT2D eigenvalue weighted by Crippen LogP contribution is -2.53. The van der Waals surface area contributed by atoms with Crippen molar-refractivity contribution in [3.63, 3.8) is 0 Å². The maximum Gasteiger partial charge on any atom is 0.226 e. The third-order valence-corrected chi connectivity index (χ3v) is 5.43. The van der Waals surface area contributed by atoms with E-state index in [2.05, 4.69) is 20.4 Å². The average Bonchev–Trinajstić information content (AvgIpc) is 3.25. The lowest BCUT2D eigenvalue weighted by molar-refractivity contribution is -0.120. The molecule has 24 heavy (non-hydrogen) atoms. The quantitative estimate of drug-likeness (QED) is 0.905. The van der Waals surface area contributed by atoms with E-state index in [0.717, 1.165) is 55.7 Å². The number of carbonyl (C=O) groups is 1. The van der Waals surface area contributed by atoms with E-state index in [1.165, 1.54) is 12.8 Å². The molecule has 1 aliphatic carbocycles. The molecular formula is C18H24N4O2. The third kappa shape index (κ3) is 3.03. The maximum absolute atomic E-state index is 12.7. The molecule has 1 aliphatic heterocycles. The van der Waals surface area contributed by atoms with Gasteiger partial charge in [-0.2, -0.15) is 5.10 Å². The van der Waals surface area contributed by atoms with Crippen LogP contribution in [0.15, 0.2) is 24.4 Å². The molecule has 0 radical (unpaired) electrons. The summed E-state index contributed by atoms with van der Waals surface area (Å²) in [5.74, 6) is 0.103. The molecule has 128 valence electrons. The van der Waals surface area contributed by atoms with Crippen LogP contribution in [0, 0.1) is 0 Å². The molecular weight excluding hydrogens is 304 g/mol. The Morgan fingerprint density at radius 3 is 2.88 bits per heavy atom. The van der Waals surface area contributed by atoms with Crippen LogP contribution in [0.5, 0.6) is 0 Å².